The number of aryl methyl sites for hydroxylation is 2. The van der Waals surface area contributed by atoms with E-state index < -0.39 is 0 Å². The van der Waals surface area contributed by atoms with Crippen molar-refractivity contribution in [3.63, 3.8) is 0 Å². The van der Waals surface area contributed by atoms with E-state index in [9.17, 15) is 4.79 Å². The first-order valence-corrected chi connectivity index (χ1v) is 10.8. The maximum atomic E-state index is 12.7. The van der Waals surface area contributed by atoms with Gasteiger partial charge in [0.05, 0.1) is 5.52 Å². The third-order valence-electron chi connectivity index (χ3n) is 6.34. The molecule has 0 N–H and O–H groups in total. The van der Waals surface area contributed by atoms with Gasteiger partial charge in [-0.1, -0.05) is 49.6 Å². The summed E-state index contributed by atoms with van der Waals surface area (Å²) >= 11 is 0. The second kappa shape index (κ2) is 8.77. The van der Waals surface area contributed by atoms with E-state index in [4.69, 9.17) is 0 Å². The maximum Gasteiger partial charge on any atom is 0.222 e. The Balaban J connectivity index is 1.48. The Morgan fingerprint density at radius 2 is 1.86 bits per heavy atom. The number of hydrogen-bond acceptors (Lipinski definition) is 2. The summed E-state index contributed by atoms with van der Waals surface area (Å²) in [5, 5.41) is 1.14. The zero-order chi connectivity index (χ0) is 20.2. The molecular weight excluding hydrogens is 356 g/mol. The number of carbonyl (C=O) groups excluding carboxylic acids is 1. The third kappa shape index (κ3) is 4.50. The Hall–Kier alpha value is -2.68. The van der Waals surface area contributed by atoms with Gasteiger partial charge in [0.1, 0.15) is 0 Å². The first-order chi connectivity index (χ1) is 14.1. The summed E-state index contributed by atoms with van der Waals surface area (Å²) in [7, 11) is 1.98. The molecule has 3 aromatic rings. The SMILES string of the molecule is Cc1ccccc1-c1ccc2ncc(CCC(=O)N(C)C3CCCCC3)cc2c1. The number of carbonyl (C=O) groups is 1. The molecule has 0 atom stereocenters. The highest BCUT2D eigenvalue weighted by atomic mass is 16.2. The summed E-state index contributed by atoms with van der Waals surface area (Å²) in [6, 6.07) is 17.5. The van der Waals surface area contributed by atoms with Crippen molar-refractivity contribution in [2.75, 3.05) is 7.05 Å². The highest BCUT2D eigenvalue weighted by molar-refractivity contribution is 5.85. The van der Waals surface area contributed by atoms with Crippen LogP contribution in [0.15, 0.2) is 54.7 Å². The molecule has 0 radical (unpaired) electrons. The van der Waals surface area contributed by atoms with Crippen molar-refractivity contribution in [2.45, 2.75) is 57.9 Å². The van der Waals surface area contributed by atoms with Crippen LogP contribution in [-0.2, 0) is 11.2 Å². The van der Waals surface area contributed by atoms with Crippen molar-refractivity contribution in [3.8, 4) is 11.1 Å². The Labute approximate surface area is 173 Å². The summed E-state index contributed by atoms with van der Waals surface area (Å²) in [6.07, 6.45) is 9.34. The molecular formula is C26H30N2O. The molecule has 29 heavy (non-hydrogen) atoms. The molecule has 1 fully saturated rings. The summed E-state index contributed by atoms with van der Waals surface area (Å²) < 4.78 is 0. The fourth-order valence-corrected chi connectivity index (χ4v) is 4.48. The number of pyridine rings is 1. The molecule has 1 saturated carbocycles. The van der Waals surface area contributed by atoms with Crippen LogP contribution < -0.4 is 0 Å². The molecule has 2 aromatic carbocycles. The normalized spacial score (nSPS) is 14.8. The number of aromatic nitrogens is 1. The van der Waals surface area contributed by atoms with Crippen LogP contribution in [-0.4, -0.2) is 28.9 Å². The van der Waals surface area contributed by atoms with Gasteiger partial charge in [0, 0.05) is 31.1 Å². The molecule has 4 rings (SSSR count). The number of rotatable bonds is 5. The van der Waals surface area contributed by atoms with E-state index in [0.717, 1.165) is 35.7 Å². The van der Waals surface area contributed by atoms with Crippen LogP contribution in [0, 0.1) is 6.92 Å². The highest BCUT2D eigenvalue weighted by Gasteiger charge is 2.21. The number of hydrogen-bond donors (Lipinski definition) is 0. The van der Waals surface area contributed by atoms with Crippen LogP contribution in [0.1, 0.15) is 49.7 Å². The van der Waals surface area contributed by atoms with Gasteiger partial charge >= 0.3 is 0 Å². The Morgan fingerprint density at radius 1 is 1.07 bits per heavy atom. The van der Waals surface area contributed by atoms with Crippen molar-refractivity contribution in [2.24, 2.45) is 0 Å². The van der Waals surface area contributed by atoms with Gasteiger partial charge in [-0.2, -0.15) is 0 Å². The summed E-state index contributed by atoms with van der Waals surface area (Å²) in [5.74, 6) is 0.255. The molecule has 1 aliphatic carbocycles. The molecule has 3 nitrogen and oxygen atoms in total. The molecule has 1 aliphatic rings. The standard InChI is InChI=1S/C26H30N2O/c1-19-8-6-7-11-24(19)21-13-14-25-22(17-21)16-20(18-27-25)12-15-26(29)28(2)23-9-4-3-5-10-23/h6-8,11,13-14,16-18,23H,3-5,9-10,12,15H2,1-2H3. The lowest BCUT2D eigenvalue weighted by Gasteiger charge is -2.31. The molecule has 0 bridgehead atoms. The molecule has 1 amide bonds. The van der Waals surface area contributed by atoms with Gasteiger partial charge in [0.15, 0.2) is 0 Å². The lowest BCUT2D eigenvalue weighted by Crippen LogP contribution is -2.38. The second-order valence-corrected chi connectivity index (χ2v) is 8.36. The minimum Gasteiger partial charge on any atom is -0.343 e. The van der Waals surface area contributed by atoms with Crippen LogP contribution in [0.5, 0.6) is 0 Å². The number of nitrogens with zero attached hydrogens (tertiary/aromatic N) is 2. The lowest BCUT2D eigenvalue weighted by atomic mass is 9.94. The molecule has 0 saturated heterocycles. The van der Waals surface area contributed by atoms with Crippen molar-refractivity contribution in [1.82, 2.24) is 9.88 Å². The van der Waals surface area contributed by atoms with E-state index in [2.05, 4.69) is 60.4 Å². The van der Waals surface area contributed by atoms with Gasteiger partial charge in [-0.05, 0) is 66.6 Å². The second-order valence-electron chi connectivity index (χ2n) is 8.36. The van der Waals surface area contributed by atoms with Crippen LogP contribution in [0.25, 0.3) is 22.0 Å². The number of amides is 1. The molecule has 150 valence electrons. The zero-order valence-electron chi connectivity index (χ0n) is 17.5. The summed E-state index contributed by atoms with van der Waals surface area (Å²) in [4.78, 5) is 19.3. The maximum absolute atomic E-state index is 12.7. The van der Waals surface area contributed by atoms with E-state index in [1.807, 2.05) is 18.1 Å². The van der Waals surface area contributed by atoms with Crippen LogP contribution in [0.2, 0.25) is 0 Å². The smallest absolute Gasteiger partial charge is 0.222 e. The van der Waals surface area contributed by atoms with Crippen molar-refractivity contribution < 1.29 is 4.79 Å². The molecule has 0 spiro atoms. The third-order valence-corrected chi connectivity index (χ3v) is 6.34. The fourth-order valence-electron chi connectivity index (χ4n) is 4.48. The number of benzene rings is 2. The van der Waals surface area contributed by atoms with Gasteiger partial charge < -0.3 is 4.90 Å². The molecule has 1 aromatic heterocycles. The summed E-state index contributed by atoms with van der Waals surface area (Å²) in [5.41, 5.74) is 5.86. The van der Waals surface area contributed by atoms with E-state index in [0.29, 0.717) is 12.5 Å². The molecule has 3 heteroatoms. The van der Waals surface area contributed by atoms with Gasteiger partial charge in [0.25, 0.3) is 0 Å². The minimum atomic E-state index is 0.255. The molecule has 0 aliphatic heterocycles. The number of fused-ring (bicyclic) bond motifs is 1. The lowest BCUT2D eigenvalue weighted by molar-refractivity contribution is -0.132. The average molecular weight is 387 g/mol. The quantitative estimate of drug-likeness (QED) is 0.544. The predicted molar refractivity (Wildman–Crippen MR) is 120 cm³/mol. The van der Waals surface area contributed by atoms with Crippen molar-refractivity contribution >= 4 is 16.8 Å². The average Bonchev–Trinajstić information content (AvgIpc) is 2.77. The van der Waals surface area contributed by atoms with Crippen molar-refractivity contribution in [3.05, 3.63) is 65.9 Å². The van der Waals surface area contributed by atoms with E-state index in [1.54, 1.807) is 0 Å². The first kappa shape index (κ1) is 19.6. The minimum absolute atomic E-state index is 0.255. The first-order valence-electron chi connectivity index (χ1n) is 10.8. The van der Waals surface area contributed by atoms with Gasteiger partial charge in [0.2, 0.25) is 5.91 Å². The monoisotopic (exact) mass is 386 g/mol. The largest absolute Gasteiger partial charge is 0.343 e. The van der Waals surface area contributed by atoms with Gasteiger partial charge in [-0.3, -0.25) is 9.78 Å². The fraction of sp³-hybridized carbons (Fsp3) is 0.385. The Morgan fingerprint density at radius 3 is 2.66 bits per heavy atom. The van der Waals surface area contributed by atoms with E-state index in [-0.39, 0.29) is 5.91 Å². The van der Waals surface area contributed by atoms with Crippen LogP contribution in [0.3, 0.4) is 0 Å². The van der Waals surface area contributed by atoms with Crippen LogP contribution in [0.4, 0.5) is 0 Å². The summed E-state index contributed by atoms with van der Waals surface area (Å²) in [6.45, 7) is 2.14. The van der Waals surface area contributed by atoms with E-state index in [1.165, 1.54) is 36.0 Å². The Kier molecular flexibility index (Phi) is 5.94. The Bertz CT molecular complexity index is 1000. The van der Waals surface area contributed by atoms with Gasteiger partial charge in [-0.15, -0.1) is 0 Å². The predicted octanol–water partition coefficient (Wildman–Crippen LogP) is 5.93. The van der Waals surface area contributed by atoms with Crippen LogP contribution >= 0.6 is 0 Å². The zero-order valence-corrected chi connectivity index (χ0v) is 17.5. The van der Waals surface area contributed by atoms with Gasteiger partial charge in [-0.25, -0.2) is 0 Å². The topological polar surface area (TPSA) is 33.2 Å². The van der Waals surface area contributed by atoms with Crippen molar-refractivity contribution in [1.29, 1.82) is 0 Å². The highest BCUT2D eigenvalue weighted by Crippen LogP contribution is 2.27. The van der Waals surface area contributed by atoms with E-state index >= 15 is 0 Å². The molecule has 1 heterocycles. The molecule has 0 unspecified atom stereocenters.